The Morgan fingerprint density at radius 1 is 1.14 bits per heavy atom. The maximum atomic E-state index is 5.75. The number of nitrogens with zero attached hydrogens (tertiary/aromatic N) is 2. The van der Waals surface area contributed by atoms with Gasteiger partial charge in [-0.15, -0.1) is 0 Å². The minimum absolute atomic E-state index is 0.153. The molecule has 5 heteroatoms. The number of nitrogens with two attached hydrogens (primary N) is 1. The van der Waals surface area contributed by atoms with Crippen LogP contribution < -0.4 is 5.73 Å². The van der Waals surface area contributed by atoms with Crippen LogP contribution in [-0.4, -0.2) is 10.1 Å². The monoisotopic (exact) mass is 281 g/mol. The zero-order valence-corrected chi connectivity index (χ0v) is 11.7. The highest BCUT2D eigenvalue weighted by molar-refractivity contribution is 5.52. The van der Waals surface area contributed by atoms with E-state index in [0.29, 0.717) is 17.5 Å². The molecule has 0 saturated heterocycles. The van der Waals surface area contributed by atoms with Crippen molar-refractivity contribution in [2.75, 3.05) is 5.73 Å². The second-order valence-electron chi connectivity index (χ2n) is 5.56. The highest BCUT2D eigenvalue weighted by atomic mass is 16.5. The smallest absolute Gasteiger partial charge is 0.238 e. The summed E-state index contributed by atoms with van der Waals surface area (Å²) < 4.78 is 10.9. The number of nitrogen functional groups attached to an aromatic ring is 1. The van der Waals surface area contributed by atoms with Gasteiger partial charge in [-0.25, -0.2) is 0 Å². The van der Waals surface area contributed by atoms with Gasteiger partial charge in [0.2, 0.25) is 11.7 Å². The van der Waals surface area contributed by atoms with Gasteiger partial charge in [-0.3, -0.25) is 0 Å². The van der Waals surface area contributed by atoms with E-state index in [1.165, 1.54) is 5.56 Å². The first-order valence-electron chi connectivity index (χ1n) is 6.94. The van der Waals surface area contributed by atoms with Gasteiger partial charge in [0, 0.05) is 5.69 Å². The molecule has 5 nitrogen and oxygen atoms in total. The summed E-state index contributed by atoms with van der Waals surface area (Å²) in [5, 5.41) is 4.06. The van der Waals surface area contributed by atoms with Gasteiger partial charge in [0.25, 0.3) is 0 Å². The first kappa shape index (κ1) is 12.2. The molecule has 0 bridgehead atoms. The number of hydrogen-bond donors (Lipinski definition) is 1. The minimum atomic E-state index is -0.153. The van der Waals surface area contributed by atoms with E-state index >= 15 is 0 Å². The lowest BCUT2D eigenvalue weighted by molar-refractivity contribution is 0.359. The first-order chi connectivity index (χ1) is 10.2. The van der Waals surface area contributed by atoms with Gasteiger partial charge < -0.3 is 14.7 Å². The molecule has 3 aromatic rings. The summed E-state index contributed by atoms with van der Waals surface area (Å²) in [6, 6.07) is 9.76. The van der Waals surface area contributed by atoms with Crippen LogP contribution in [-0.2, 0) is 5.41 Å². The van der Waals surface area contributed by atoms with Gasteiger partial charge in [0.15, 0.2) is 5.76 Å². The van der Waals surface area contributed by atoms with E-state index in [1.807, 2.05) is 37.3 Å². The number of benzene rings is 1. The van der Waals surface area contributed by atoms with Crippen molar-refractivity contribution in [3.05, 3.63) is 53.6 Å². The molecule has 1 saturated carbocycles. The predicted molar refractivity (Wildman–Crippen MR) is 77.6 cm³/mol. The Morgan fingerprint density at radius 3 is 2.52 bits per heavy atom. The largest absolute Gasteiger partial charge is 0.461 e. The van der Waals surface area contributed by atoms with Gasteiger partial charge >= 0.3 is 0 Å². The highest BCUT2D eigenvalue weighted by Gasteiger charge is 2.51. The van der Waals surface area contributed by atoms with Gasteiger partial charge in [-0.1, -0.05) is 17.3 Å². The molecule has 0 unspecified atom stereocenters. The zero-order valence-electron chi connectivity index (χ0n) is 11.7. The third-order valence-electron chi connectivity index (χ3n) is 4.11. The van der Waals surface area contributed by atoms with Crippen LogP contribution in [0.3, 0.4) is 0 Å². The minimum Gasteiger partial charge on any atom is -0.461 e. The molecule has 21 heavy (non-hydrogen) atoms. The van der Waals surface area contributed by atoms with Crippen LogP contribution in [0.5, 0.6) is 0 Å². The van der Waals surface area contributed by atoms with E-state index in [1.54, 1.807) is 6.26 Å². The van der Waals surface area contributed by atoms with E-state index in [2.05, 4.69) is 10.1 Å². The Labute approximate surface area is 121 Å². The average molecular weight is 281 g/mol. The fraction of sp³-hybridized carbons (Fsp3) is 0.250. The first-order valence-corrected chi connectivity index (χ1v) is 6.94. The molecule has 2 heterocycles. The van der Waals surface area contributed by atoms with Crippen LogP contribution in [0.2, 0.25) is 0 Å². The maximum absolute atomic E-state index is 5.75. The van der Waals surface area contributed by atoms with Crippen LogP contribution >= 0.6 is 0 Å². The van der Waals surface area contributed by atoms with Crippen LogP contribution in [0.25, 0.3) is 11.6 Å². The van der Waals surface area contributed by atoms with Crippen molar-refractivity contribution >= 4 is 5.69 Å². The van der Waals surface area contributed by atoms with Crippen LogP contribution in [0.4, 0.5) is 5.69 Å². The molecule has 1 aromatic carbocycles. The molecule has 4 rings (SSSR count). The van der Waals surface area contributed by atoms with E-state index in [0.717, 1.165) is 24.1 Å². The van der Waals surface area contributed by atoms with Crippen LogP contribution in [0.15, 0.2) is 45.5 Å². The Hall–Kier alpha value is -2.56. The van der Waals surface area contributed by atoms with Crippen molar-refractivity contribution in [1.82, 2.24) is 10.1 Å². The molecule has 0 spiro atoms. The van der Waals surface area contributed by atoms with Crippen molar-refractivity contribution in [2.45, 2.75) is 25.2 Å². The summed E-state index contributed by atoms with van der Waals surface area (Å²) in [5.74, 6) is 1.82. The molecule has 1 aliphatic rings. The van der Waals surface area contributed by atoms with Gasteiger partial charge in [0.05, 0.1) is 11.7 Å². The number of anilines is 1. The van der Waals surface area contributed by atoms with Crippen molar-refractivity contribution < 1.29 is 8.94 Å². The lowest BCUT2D eigenvalue weighted by Gasteiger charge is -2.10. The lowest BCUT2D eigenvalue weighted by Crippen LogP contribution is -2.09. The average Bonchev–Trinajstić information content (AvgIpc) is 2.93. The van der Waals surface area contributed by atoms with Crippen molar-refractivity contribution in [3.8, 4) is 11.6 Å². The van der Waals surface area contributed by atoms with Gasteiger partial charge in [-0.05, 0) is 49.1 Å². The molecule has 0 radical (unpaired) electrons. The molecular weight excluding hydrogens is 266 g/mol. The molecule has 0 atom stereocenters. The molecule has 1 aliphatic carbocycles. The number of hydrogen-bond acceptors (Lipinski definition) is 5. The van der Waals surface area contributed by atoms with Crippen molar-refractivity contribution in [2.24, 2.45) is 0 Å². The summed E-state index contributed by atoms with van der Waals surface area (Å²) in [4.78, 5) is 4.54. The number of aromatic nitrogens is 2. The van der Waals surface area contributed by atoms with Crippen molar-refractivity contribution in [3.63, 3.8) is 0 Å². The SMILES string of the molecule is Cc1ccoc1-c1noc(C2(c3ccc(N)cc3)CC2)n1. The highest BCUT2D eigenvalue weighted by Crippen LogP contribution is 2.53. The second kappa shape index (κ2) is 4.22. The Morgan fingerprint density at radius 2 is 1.90 bits per heavy atom. The third kappa shape index (κ3) is 1.85. The predicted octanol–water partition coefficient (Wildman–Crippen LogP) is 3.30. The fourth-order valence-corrected chi connectivity index (χ4v) is 2.67. The fourth-order valence-electron chi connectivity index (χ4n) is 2.67. The summed E-state index contributed by atoms with van der Waals surface area (Å²) in [6.45, 7) is 1.96. The Bertz CT molecular complexity index is 782. The molecule has 2 N–H and O–H groups in total. The quantitative estimate of drug-likeness (QED) is 0.745. The van der Waals surface area contributed by atoms with Gasteiger partial charge in [-0.2, -0.15) is 4.98 Å². The topological polar surface area (TPSA) is 78.1 Å². The van der Waals surface area contributed by atoms with E-state index in [9.17, 15) is 0 Å². The number of furan rings is 1. The summed E-state index contributed by atoms with van der Waals surface area (Å²) in [5.41, 5.74) is 8.52. The molecule has 106 valence electrons. The van der Waals surface area contributed by atoms with E-state index in [4.69, 9.17) is 14.7 Å². The van der Waals surface area contributed by atoms with E-state index in [-0.39, 0.29) is 5.41 Å². The molecule has 1 fully saturated rings. The lowest BCUT2D eigenvalue weighted by atomic mass is 9.96. The van der Waals surface area contributed by atoms with Gasteiger partial charge in [0.1, 0.15) is 0 Å². The number of rotatable bonds is 3. The Balaban J connectivity index is 1.73. The third-order valence-corrected chi connectivity index (χ3v) is 4.11. The molecule has 0 aliphatic heterocycles. The summed E-state index contributed by atoms with van der Waals surface area (Å²) in [7, 11) is 0. The zero-order chi connectivity index (χ0) is 14.4. The van der Waals surface area contributed by atoms with Crippen LogP contribution in [0, 0.1) is 6.92 Å². The number of aryl methyl sites for hydroxylation is 1. The Kier molecular flexibility index (Phi) is 2.45. The van der Waals surface area contributed by atoms with Crippen molar-refractivity contribution in [1.29, 1.82) is 0 Å². The summed E-state index contributed by atoms with van der Waals surface area (Å²) >= 11 is 0. The van der Waals surface area contributed by atoms with E-state index < -0.39 is 0 Å². The maximum Gasteiger partial charge on any atom is 0.238 e. The molecular formula is C16H15N3O2. The second-order valence-corrected chi connectivity index (χ2v) is 5.56. The molecule has 2 aromatic heterocycles. The normalized spacial score (nSPS) is 16.0. The van der Waals surface area contributed by atoms with Crippen LogP contribution in [0.1, 0.15) is 29.9 Å². The summed E-state index contributed by atoms with van der Waals surface area (Å²) in [6.07, 6.45) is 3.65. The molecule has 0 amide bonds. The standard InChI is InChI=1S/C16H15N3O2/c1-10-6-9-20-13(10)14-18-15(21-19-14)16(7-8-16)11-2-4-12(17)5-3-11/h2-6,9H,7-8,17H2,1H3.